The molecule has 0 aliphatic carbocycles. The first-order valence-corrected chi connectivity index (χ1v) is 8.06. The first-order chi connectivity index (χ1) is 11.7. The molecule has 1 aliphatic rings. The van der Waals surface area contributed by atoms with E-state index in [-0.39, 0.29) is 24.8 Å². The molecular formula is C18H14O5S. The largest absolute Gasteiger partial charge is 0.482 e. The van der Waals surface area contributed by atoms with Crippen molar-refractivity contribution in [2.24, 2.45) is 0 Å². The number of rotatable bonds is 6. The lowest BCUT2D eigenvalue weighted by molar-refractivity contribution is -0.144. The van der Waals surface area contributed by atoms with E-state index in [4.69, 9.17) is 14.2 Å². The highest BCUT2D eigenvalue weighted by molar-refractivity contribution is 7.10. The second kappa shape index (κ2) is 7.14. The van der Waals surface area contributed by atoms with E-state index < -0.39 is 5.97 Å². The number of Topliss-reactive ketones (excluding diaryl/α,β-unsaturated/α-hetero) is 1. The number of ether oxygens (including phenoxy) is 3. The van der Waals surface area contributed by atoms with Gasteiger partial charge in [-0.15, -0.1) is 11.3 Å². The van der Waals surface area contributed by atoms with Crippen LogP contribution in [-0.4, -0.2) is 25.0 Å². The number of esters is 1. The maximum absolute atomic E-state index is 12.3. The summed E-state index contributed by atoms with van der Waals surface area (Å²) in [4.78, 5) is 24.6. The molecule has 0 atom stereocenters. The Hall–Kier alpha value is -2.86. The standard InChI is InChI=1S/C18H14O5S/c1-2-7-21-17(19)11-22-12-5-6-14-15(9-12)23-16(18(14)20)10-13-4-3-8-24-13/h2-6,8-10H,1,7,11H2. The van der Waals surface area contributed by atoms with Crippen molar-refractivity contribution in [3.8, 4) is 11.5 Å². The molecule has 2 heterocycles. The molecule has 0 amide bonds. The highest BCUT2D eigenvalue weighted by Gasteiger charge is 2.27. The highest BCUT2D eigenvalue weighted by Crippen LogP contribution is 2.35. The normalized spacial score (nSPS) is 14.2. The number of thiophene rings is 1. The molecule has 5 nitrogen and oxygen atoms in total. The molecule has 1 aromatic carbocycles. The number of ketones is 1. The number of carbonyl (C=O) groups is 2. The maximum Gasteiger partial charge on any atom is 0.344 e. The predicted molar refractivity (Wildman–Crippen MR) is 90.3 cm³/mol. The number of carbonyl (C=O) groups excluding carboxylic acids is 2. The van der Waals surface area contributed by atoms with Crippen LogP contribution in [-0.2, 0) is 9.53 Å². The Bertz CT molecular complexity index is 805. The van der Waals surface area contributed by atoms with Crippen molar-refractivity contribution in [1.82, 2.24) is 0 Å². The van der Waals surface area contributed by atoms with Gasteiger partial charge in [0.25, 0.3) is 0 Å². The first kappa shape index (κ1) is 16.0. The maximum atomic E-state index is 12.3. The van der Waals surface area contributed by atoms with E-state index in [1.807, 2.05) is 17.5 Å². The van der Waals surface area contributed by atoms with Crippen molar-refractivity contribution < 1.29 is 23.8 Å². The predicted octanol–water partition coefficient (Wildman–Crippen LogP) is 3.47. The highest BCUT2D eigenvalue weighted by atomic mass is 32.1. The monoisotopic (exact) mass is 342 g/mol. The van der Waals surface area contributed by atoms with Crippen LogP contribution in [0.1, 0.15) is 15.2 Å². The molecule has 0 saturated heterocycles. The smallest absolute Gasteiger partial charge is 0.344 e. The molecule has 0 unspecified atom stereocenters. The van der Waals surface area contributed by atoms with Crippen molar-refractivity contribution in [3.05, 3.63) is 64.6 Å². The van der Waals surface area contributed by atoms with Gasteiger partial charge in [0.05, 0.1) is 5.56 Å². The van der Waals surface area contributed by atoms with E-state index in [2.05, 4.69) is 6.58 Å². The number of allylic oxidation sites excluding steroid dienone is 1. The van der Waals surface area contributed by atoms with Gasteiger partial charge in [0.1, 0.15) is 18.1 Å². The summed E-state index contributed by atoms with van der Waals surface area (Å²) in [5, 5.41) is 1.93. The average molecular weight is 342 g/mol. The molecule has 0 fully saturated rings. The van der Waals surface area contributed by atoms with Crippen LogP contribution in [0.5, 0.6) is 11.5 Å². The molecule has 6 heteroatoms. The minimum Gasteiger partial charge on any atom is -0.482 e. The third-order valence-corrected chi connectivity index (χ3v) is 4.00. The summed E-state index contributed by atoms with van der Waals surface area (Å²) in [6.07, 6.45) is 3.19. The van der Waals surface area contributed by atoms with Gasteiger partial charge in [0.2, 0.25) is 5.78 Å². The number of hydrogen-bond acceptors (Lipinski definition) is 6. The molecule has 24 heavy (non-hydrogen) atoms. The molecule has 3 rings (SSSR count). The Balaban J connectivity index is 1.69. The minimum absolute atomic E-state index is 0.140. The molecule has 1 aromatic heterocycles. The zero-order valence-electron chi connectivity index (χ0n) is 12.7. The van der Waals surface area contributed by atoms with E-state index in [1.54, 1.807) is 24.3 Å². The molecule has 1 aliphatic heterocycles. The summed E-state index contributed by atoms with van der Waals surface area (Å²) < 4.78 is 15.8. The fraction of sp³-hybridized carbons (Fsp3) is 0.111. The zero-order valence-corrected chi connectivity index (χ0v) is 13.5. The van der Waals surface area contributed by atoms with Crippen LogP contribution in [0.15, 0.2) is 54.1 Å². The van der Waals surface area contributed by atoms with Gasteiger partial charge in [-0.25, -0.2) is 4.79 Å². The fourth-order valence-electron chi connectivity index (χ4n) is 2.10. The summed E-state index contributed by atoms with van der Waals surface area (Å²) >= 11 is 1.52. The van der Waals surface area contributed by atoms with Crippen molar-refractivity contribution in [2.75, 3.05) is 13.2 Å². The molecule has 122 valence electrons. The van der Waals surface area contributed by atoms with Gasteiger partial charge in [0, 0.05) is 17.0 Å². The fourth-order valence-corrected chi connectivity index (χ4v) is 2.74. The van der Waals surface area contributed by atoms with Gasteiger partial charge in [-0.2, -0.15) is 0 Å². The van der Waals surface area contributed by atoms with Crippen LogP contribution in [0.25, 0.3) is 6.08 Å². The third kappa shape index (κ3) is 3.55. The van der Waals surface area contributed by atoms with Crippen LogP contribution in [0.2, 0.25) is 0 Å². The number of hydrogen-bond donors (Lipinski definition) is 0. The summed E-state index contributed by atoms with van der Waals surface area (Å²) in [5.74, 6) is 0.449. The van der Waals surface area contributed by atoms with Gasteiger partial charge in [-0.1, -0.05) is 18.7 Å². The van der Waals surface area contributed by atoms with Crippen LogP contribution >= 0.6 is 11.3 Å². The second-order valence-corrected chi connectivity index (χ2v) is 5.85. The molecule has 2 aromatic rings. The first-order valence-electron chi connectivity index (χ1n) is 7.18. The lowest BCUT2D eigenvalue weighted by Crippen LogP contribution is -2.14. The van der Waals surface area contributed by atoms with E-state index in [1.165, 1.54) is 17.4 Å². The number of fused-ring (bicyclic) bond motifs is 1. The van der Waals surface area contributed by atoms with Crippen molar-refractivity contribution in [3.63, 3.8) is 0 Å². The van der Waals surface area contributed by atoms with Gasteiger partial charge in [0.15, 0.2) is 12.4 Å². The summed E-state index contributed by atoms with van der Waals surface area (Å²) in [7, 11) is 0. The van der Waals surface area contributed by atoms with Crippen molar-refractivity contribution in [2.45, 2.75) is 0 Å². The van der Waals surface area contributed by atoms with E-state index >= 15 is 0 Å². The average Bonchev–Trinajstić information content (AvgIpc) is 3.20. The van der Waals surface area contributed by atoms with E-state index in [0.29, 0.717) is 17.1 Å². The zero-order chi connectivity index (χ0) is 16.9. The Morgan fingerprint density at radius 1 is 1.33 bits per heavy atom. The van der Waals surface area contributed by atoms with Gasteiger partial charge < -0.3 is 14.2 Å². The Kier molecular flexibility index (Phi) is 4.77. The summed E-state index contributed by atoms with van der Waals surface area (Å²) in [5.41, 5.74) is 0.472. The number of benzene rings is 1. The van der Waals surface area contributed by atoms with Crippen molar-refractivity contribution >= 4 is 29.2 Å². The molecule has 0 saturated carbocycles. The Labute approximate surface area is 142 Å². The van der Waals surface area contributed by atoms with Gasteiger partial charge in [-0.3, -0.25) is 4.79 Å². The molecule has 0 bridgehead atoms. The topological polar surface area (TPSA) is 61.8 Å². The van der Waals surface area contributed by atoms with Crippen molar-refractivity contribution in [1.29, 1.82) is 0 Å². The lowest BCUT2D eigenvalue weighted by Gasteiger charge is -2.06. The molecular weight excluding hydrogens is 328 g/mol. The molecule has 0 N–H and O–H groups in total. The minimum atomic E-state index is -0.495. The van der Waals surface area contributed by atoms with Crippen LogP contribution < -0.4 is 9.47 Å². The van der Waals surface area contributed by atoms with E-state index in [9.17, 15) is 9.59 Å². The Morgan fingerprint density at radius 3 is 2.96 bits per heavy atom. The SMILES string of the molecule is C=CCOC(=O)COc1ccc2c(c1)OC(=Cc1cccs1)C2=O. The lowest BCUT2D eigenvalue weighted by atomic mass is 10.1. The van der Waals surface area contributed by atoms with E-state index in [0.717, 1.165) is 4.88 Å². The Morgan fingerprint density at radius 2 is 2.21 bits per heavy atom. The quantitative estimate of drug-likeness (QED) is 0.457. The van der Waals surface area contributed by atoms with Crippen LogP contribution in [0.3, 0.4) is 0 Å². The third-order valence-electron chi connectivity index (χ3n) is 3.18. The van der Waals surface area contributed by atoms with Gasteiger partial charge >= 0.3 is 5.97 Å². The summed E-state index contributed by atoms with van der Waals surface area (Å²) in [6, 6.07) is 8.64. The molecule has 0 spiro atoms. The molecule has 0 radical (unpaired) electrons. The summed E-state index contributed by atoms with van der Waals surface area (Å²) in [6.45, 7) is 3.38. The van der Waals surface area contributed by atoms with Crippen LogP contribution in [0.4, 0.5) is 0 Å². The van der Waals surface area contributed by atoms with Crippen LogP contribution in [0, 0.1) is 0 Å². The second-order valence-electron chi connectivity index (χ2n) is 4.87. The van der Waals surface area contributed by atoms with Gasteiger partial charge in [-0.05, 0) is 23.6 Å².